The Labute approximate surface area is 126 Å². The minimum atomic E-state index is -0.597. The highest BCUT2D eigenvalue weighted by atomic mass is 16.5. The van der Waals surface area contributed by atoms with Gasteiger partial charge in [0.15, 0.2) is 0 Å². The van der Waals surface area contributed by atoms with Crippen molar-refractivity contribution in [3.05, 3.63) is 34.3 Å². The van der Waals surface area contributed by atoms with E-state index < -0.39 is 11.5 Å². The fourth-order valence-electron chi connectivity index (χ4n) is 2.87. The second kappa shape index (κ2) is 5.71. The summed E-state index contributed by atoms with van der Waals surface area (Å²) >= 11 is 0. The zero-order valence-electron chi connectivity index (χ0n) is 12.2. The molecular formula is C16H16N2O4. The second-order valence-electron chi connectivity index (χ2n) is 5.62. The van der Waals surface area contributed by atoms with E-state index in [0.29, 0.717) is 22.2 Å². The lowest BCUT2D eigenvalue weighted by molar-refractivity contribution is -0.137. The van der Waals surface area contributed by atoms with Crippen molar-refractivity contribution in [2.45, 2.75) is 32.6 Å². The largest absolute Gasteiger partial charge is 0.366 e. The summed E-state index contributed by atoms with van der Waals surface area (Å²) in [6.07, 6.45) is 3.57. The number of Topliss-reactive ketones (excluding diaryl/α,β-unsaturated/α-hetero) is 1. The first-order chi connectivity index (χ1) is 10.6. The fraction of sp³-hybridized carbons (Fsp3) is 0.375. The Balaban J connectivity index is 1.85. The van der Waals surface area contributed by atoms with Crippen LogP contribution in [0.25, 0.3) is 10.8 Å². The molecule has 0 bridgehead atoms. The number of aromatic nitrogens is 1. The predicted molar refractivity (Wildman–Crippen MR) is 80.6 cm³/mol. The van der Waals surface area contributed by atoms with E-state index in [9.17, 15) is 14.4 Å². The highest BCUT2D eigenvalue weighted by Crippen LogP contribution is 2.26. The maximum absolute atomic E-state index is 12.0. The van der Waals surface area contributed by atoms with Gasteiger partial charge < -0.3 is 9.84 Å². The first-order valence-electron chi connectivity index (χ1n) is 7.32. The van der Waals surface area contributed by atoms with Crippen molar-refractivity contribution in [1.29, 1.82) is 0 Å². The van der Waals surface area contributed by atoms with Gasteiger partial charge in [-0.1, -0.05) is 18.0 Å². The van der Waals surface area contributed by atoms with Crippen molar-refractivity contribution < 1.29 is 14.1 Å². The number of carbonyl (C=O) groups is 2. The predicted octanol–water partition coefficient (Wildman–Crippen LogP) is 2.19. The molecule has 22 heavy (non-hydrogen) atoms. The van der Waals surface area contributed by atoms with Gasteiger partial charge in [0.1, 0.15) is 0 Å². The Morgan fingerprint density at radius 3 is 2.68 bits per heavy atom. The van der Waals surface area contributed by atoms with E-state index in [1.54, 1.807) is 25.1 Å². The van der Waals surface area contributed by atoms with Crippen molar-refractivity contribution >= 4 is 28.2 Å². The van der Waals surface area contributed by atoms with E-state index in [1.165, 1.54) is 0 Å². The molecule has 1 heterocycles. The molecule has 0 radical (unpaired) electrons. The van der Waals surface area contributed by atoms with Gasteiger partial charge in [0.05, 0.1) is 11.1 Å². The molecule has 6 heteroatoms. The summed E-state index contributed by atoms with van der Waals surface area (Å²) in [5.74, 6) is -1.12. The number of rotatable bonds is 3. The van der Waals surface area contributed by atoms with Gasteiger partial charge in [-0.05, 0) is 38.0 Å². The fourth-order valence-corrected chi connectivity index (χ4v) is 2.87. The number of carbonyl (C=O) groups excluding carboxylic acids is 2. The number of fused-ring (bicyclic) bond motifs is 1. The summed E-state index contributed by atoms with van der Waals surface area (Å²) in [5.41, 5.74) is 0.493. The van der Waals surface area contributed by atoms with E-state index in [1.807, 2.05) is 0 Å². The van der Waals surface area contributed by atoms with Crippen LogP contribution in [-0.2, 0) is 9.59 Å². The van der Waals surface area contributed by atoms with Crippen LogP contribution in [0, 0.1) is 12.8 Å². The third-order valence-corrected chi connectivity index (χ3v) is 4.10. The van der Waals surface area contributed by atoms with Gasteiger partial charge in [-0.25, -0.2) is 4.79 Å². The maximum Gasteiger partial charge on any atom is 0.366 e. The van der Waals surface area contributed by atoms with Crippen LogP contribution in [-0.4, -0.2) is 16.8 Å². The Morgan fingerprint density at radius 1 is 1.23 bits per heavy atom. The smallest absolute Gasteiger partial charge is 0.319 e. The molecular weight excluding hydrogens is 284 g/mol. The van der Waals surface area contributed by atoms with Crippen LogP contribution >= 0.6 is 0 Å². The van der Waals surface area contributed by atoms with Gasteiger partial charge in [-0.2, -0.15) is 0 Å². The normalized spacial score (nSPS) is 15.1. The molecule has 0 saturated heterocycles. The quantitative estimate of drug-likeness (QED) is 0.878. The van der Waals surface area contributed by atoms with Crippen molar-refractivity contribution in [3.63, 3.8) is 0 Å². The average Bonchev–Trinajstić information content (AvgIpc) is 3.04. The van der Waals surface area contributed by atoms with Crippen LogP contribution in [0.2, 0.25) is 0 Å². The molecule has 1 aliphatic carbocycles. The number of anilines is 1. The number of aryl methyl sites for hydroxylation is 1. The molecule has 1 aliphatic rings. The van der Waals surface area contributed by atoms with Crippen LogP contribution in [0.5, 0.6) is 0 Å². The number of nitrogens with zero attached hydrogens (tertiary/aromatic N) is 1. The standard InChI is InChI=1S/C16H16N2O4/c1-9-13-8-11(6-7-12(13)16(21)22-18-9)17-15(20)14(19)10-4-2-3-5-10/h6-8,10H,2-5H2,1H3,(H,17,20). The summed E-state index contributed by atoms with van der Waals surface area (Å²) in [4.78, 5) is 35.7. The zero-order chi connectivity index (χ0) is 15.7. The van der Waals surface area contributed by atoms with Gasteiger partial charge in [-0.15, -0.1) is 0 Å². The van der Waals surface area contributed by atoms with Gasteiger partial charge in [0.2, 0.25) is 5.78 Å². The van der Waals surface area contributed by atoms with Crippen LogP contribution in [0.15, 0.2) is 27.5 Å². The molecule has 1 saturated carbocycles. The molecule has 2 aromatic rings. The van der Waals surface area contributed by atoms with Gasteiger partial charge in [0, 0.05) is 17.0 Å². The number of hydrogen-bond acceptors (Lipinski definition) is 5. The maximum atomic E-state index is 12.0. The molecule has 1 fully saturated rings. The van der Waals surface area contributed by atoms with Crippen molar-refractivity contribution in [2.24, 2.45) is 5.92 Å². The van der Waals surface area contributed by atoms with Crippen LogP contribution in [0.3, 0.4) is 0 Å². The Morgan fingerprint density at radius 2 is 1.95 bits per heavy atom. The highest BCUT2D eigenvalue weighted by Gasteiger charge is 2.28. The molecule has 1 aromatic carbocycles. The van der Waals surface area contributed by atoms with E-state index in [-0.39, 0.29) is 11.7 Å². The monoisotopic (exact) mass is 300 g/mol. The molecule has 1 aromatic heterocycles. The molecule has 0 aliphatic heterocycles. The lowest BCUT2D eigenvalue weighted by Crippen LogP contribution is -2.28. The highest BCUT2D eigenvalue weighted by molar-refractivity contribution is 6.41. The molecule has 6 nitrogen and oxygen atoms in total. The first-order valence-corrected chi connectivity index (χ1v) is 7.32. The van der Waals surface area contributed by atoms with Crippen molar-refractivity contribution in [1.82, 2.24) is 5.16 Å². The third kappa shape index (κ3) is 2.64. The lowest BCUT2D eigenvalue weighted by atomic mass is 10.0. The first kappa shape index (κ1) is 14.4. The van der Waals surface area contributed by atoms with Gasteiger partial charge in [0.25, 0.3) is 5.91 Å². The minimum absolute atomic E-state index is 0.157. The topological polar surface area (TPSA) is 89.3 Å². The van der Waals surface area contributed by atoms with Crippen molar-refractivity contribution in [2.75, 3.05) is 5.32 Å². The number of hydrogen-bond donors (Lipinski definition) is 1. The van der Waals surface area contributed by atoms with E-state index >= 15 is 0 Å². The van der Waals surface area contributed by atoms with Gasteiger partial charge in [-0.3, -0.25) is 9.59 Å². The SMILES string of the molecule is Cc1noc(=O)c2ccc(NC(=O)C(=O)C3CCCC3)cc12. The van der Waals surface area contributed by atoms with E-state index in [2.05, 4.69) is 15.0 Å². The third-order valence-electron chi connectivity index (χ3n) is 4.10. The number of ketones is 1. The summed E-state index contributed by atoms with van der Waals surface area (Å²) in [7, 11) is 0. The molecule has 0 atom stereocenters. The summed E-state index contributed by atoms with van der Waals surface area (Å²) in [6.45, 7) is 1.71. The summed E-state index contributed by atoms with van der Waals surface area (Å²) < 4.78 is 4.65. The van der Waals surface area contributed by atoms with E-state index in [0.717, 1.165) is 25.7 Å². The van der Waals surface area contributed by atoms with Crippen molar-refractivity contribution in [3.8, 4) is 0 Å². The lowest BCUT2D eigenvalue weighted by Gasteiger charge is -2.09. The summed E-state index contributed by atoms with van der Waals surface area (Å²) in [6, 6.07) is 4.78. The average molecular weight is 300 g/mol. The second-order valence-corrected chi connectivity index (χ2v) is 5.62. The number of amides is 1. The Hall–Kier alpha value is -2.50. The molecule has 0 spiro atoms. The zero-order valence-corrected chi connectivity index (χ0v) is 12.2. The number of benzene rings is 1. The van der Waals surface area contributed by atoms with Gasteiger partial charge >= 0.3 is 5.63 Å². The van der Waals surface area contributed by atoms with Crippen LogP contribution < -0.4 is 10.9 Å². The number of nitrogens with one attached hydrogen (secondary N) is 1. The van der Waals surface area contributed by atoms with Crippen LogP contribution in [0.4, 0.5) is 5.69 Å². The molecule has 1 N–H and O–H groups in total. The van der Waals surface area contributed by atoms with E-state index in [4.69, 9.17) is 0 Å². The Bertz CT molecular complexity index is 803. The molecule has 114 valence electrons. The molecule has 0 unspecified atom stereocenters. The molecule has 3 rings (SSSR count). The summed E-state index contributed by atoms with van der Waals surface area (Å²) in [5, 5.41) is 7.26. The molecule has 1 amide bonds. The Kier molecular flexibility index (Phi) is 3.75. The van der Waals surface area contributed by atoms with Crippen LogP contribution in [0.1, 0.15) is 31.4 Å². The minimum Gasteiger partial charge on any atom is -0.319 e.